The number of anilines is 1. The molecule has 18 heavy (non-hydrogen) atoms. The molecular formula is C15H24N2S. The van der Waals surface area contributed by atoms with Crippen molar-refractivity contribution in [2.75, 3.05) is 23.7 Å². The van der Waals surface area contributed by atoms with E-state index in [4.69, 9.17) is 5.73 Å². The fourth-order valence-electron chi connectivity index (χ4n) is 2.47. The Morgan fingerprint density at radius 1 is 1.39 bits per heavy atom. The van der Waals surface area contributed by atoms with Crippen LogP contribution in [0.25, 0.3) is 0 Å². The molecule has 1 aromatic rings. The smallest absolute Gasteiger partial charge is 0.0545 e. The van der Waals surface area contributed by atoms with Gasteiger partial charge in [0.15, 0.2) is 0 Å². The van der Waals surface area contributed by atoms with Crippen molar-refractivity contribution in [3.05, 3.63) is 23.8 Å². The average Bonchev–Trinajstić information content (AvgIpc) is 2.35. The van der Waals surface area contributed by atoms with Gasteiger partial charge in [0.05, 0.1) is 5.69 Å². The summed E-state index contributed by atoms with van der Waals surface area (Å²) in [6, 6.07) is 7.10. The zero-order valence-electron chi connectivity index (χ0n) is 11.9. The Morgan fingerprint density at radius 2 is 2.11 bits per heavy atom. The van der Waals surface area contributed by atoms with Crippen molar-refractivity contribution in [3.63, 3.8) is 0 Å². The lowest BCUT2D eigenvalue weighted by atomic mass is 9.85. The Hall–Kier alpha value is -0.670. The minimum Gasteiger partial charge on any atom is -0.366 e. The molecule has 0 aliphatic carbocycles. The summed E-state index contributed by atoms with van der Waals surface area (Å²) in [6.45, 7) is 10.9. The van der Waals surface area contributed by atoms with E-state index in [1.165, 1.54) is 16.1 Å². The Balaban J connectivity index is 2.53. The molecule has 0 radical (unpaired) electrons. The van der Waals surface area contributed by atoms with E-state index < -0.39 is 0 Å². The van der Waals surface area contributed by atoms with Crippen LogP contribution in [-0.2, 0) is 5.41 Å². The summed E-state index contributed by atoms with van der Waals surface area (Å²) in [5.74, 6) is 1.16. The predicted octanol–water partition coefficient (Wildman–Crippen LogP) is 3.24. The molecule has 0 fully saturated rings. The zero-order chi connectivity index (χ0) is 13.3. The molecule has 0 saturated heterocycles. The van der Waals surface area contributed by atoms with Crippen LogP contribution < -0.4 is 10.6 Å². The van der Waals surface area contributed by atoms with E-state index in [0.717, 1.165) is 12.3 Å². The maximum absolute atomic E-state index is 5.87. The molecule has 0 bridgehead atoms. The first-order chi connectivity index (χ1) is 8.45. The highest BCUT2D eigenvalue weighted by molar-refractivity contribution is 7.99. The number of thioether (sulfide) groups is 1. The molecular weight excluding hydrogens is 240 g/mol. The van der Waals surface area contributed by atoms with E-state index in [1.807, 2.05) is 11.8 Å². The molecule has 2 N–H and O–H groups in total. The number of nitrogens with zero attached hydrogens (tertiary/aromatic N) is 1. The second-order valence-corrected chi connectivity index (χ2v) is 7.17. The maximum atomic E-state index is 5.87. The quantitative estimate of drug-likeness (QED) is 0.889. The highest BCUT2D eigenvalue weighted by Crippen LogP contribution is 2.42. The summed E-state index contributed by atoms with van der Waals surface area (Å²) in [7, 11) is 0. The van der Waals surface area contributed by atoms with E-state index in [2.05, 4.69) is 50.8 Å². The number of hydrogen-bond acceptors (Lipinski definition) is 3. The van der Waals surface area contributed by atoms with Gasteiger partial charge in [-0.1, -0.05) is 32.9 Å². The second-order valence-electron chi connectivity index (χ2n) is 6.03. The molecule has 0 aromatic heterocycles. The number of benzene rings is 1. The number of rotatable bonds is 2. The highest BCUT2D eigenvalue weighted by atomic mass is 32.2. The molecule has 0 spiro atoms. The van der Waals surface area contributed by atoms with Crippen molar-refractivity contribution in [3.8, 4) is 0 Å². The van der Waals surface area contributed by atoms with Gasteiger partial charge in [0.1, 0.15) is 0 Å². The van der Waals surface area contributed by atoms with Gasteiger partial charge >= 0.3 is 0 Å². The third kappa shape index (κ3) is 2.52. The van der Waals surface area contributed by atoms with E-state index in [-0.39, 0.29) is 5.41 Å². The van der Waals surface area contributed by atoms with Gasteiger partial charge in [0.25, 0.3) is 0 Å². The molecule has 3 heteroatoms. The van der Waals surface area contributed by atoms with Crippen LogP contribution in [0.1, 0.15) is 33.3 Å². The minimum absolute atomic E-state index is 0.176. The topological polar surface area (TPSA) is 29.3 Å². The number of fused-ring (bicyclic) bond motifs is 1. The number of para-hydroxylation sites is 1. The largest absolute Gasteiger partial charge is 0.366 e. The molecule has 1 unspecified atom stereocenters. The summed E-state index contributed by atoms with van der Waals surface area (Å²) >= 11 is 1.97. The van der Waals surface area contributed by atoms with Gasteiger partial charge in [-0.15, -0.1) is 11.8 Å². The molecule has 1 aliphatic heterocycles. The molecule has 2 rings (SSSR count). The van der Waals surface area contributed by atoms with Crippen LogP contribution in [0, 0.1) is 0 Å². The molecule has 1 aromatic carbocycles. The van der Waals surface area contributed by atoms with Crippen LogP contribution in [0.15, 0.2) is 23.1 Å². The third-order valence-corrected chi connectivity index (χ3v) is 4.58. The van der Waals surface area contributed by atoms with Crippen molar-refractivity contribution in [2.45, 2.75) is 44.0 Å². The van der Waals surface area contributed by atoms with Gasteiger partial charge in [-0.05, 0) is 24.0 Å². The van der Waals surface area contributed by atoms with Crippen molar-refractivity contribution in [2.24, 2.45) is 5.73 Å². The standard InChI is InChI=1S/C15H24N2S/c1-11(10-16)17-8-9-18-13-7-5-6-12(14(13)17)15(2,3)4/h5-7,11H,8-10,16H2,1-4H3. The summed E-state index contributed by atoms with van der Waals surface area (Å²) in [5, 5.41) is 0. The third-order valence-electron chi connectivity index (χ3n) is 3.56. The number of hydrogen-bond donors (Lipinski definition) is 1. The molecule has 100 valence electrons. The van der Waals surface area contributed by atoms with E-state index in [1.54, 1.807) is 0 Å². The lowest BCUT2D eigenvalue weighted by Crippen LogP contribution is -2.42. The van der Waals surface area contributed by atoms with Crippen molar-refractivity contribution >= 4 is 17.4 Å². The van der Waals surface area contributed by atoms with Gasteiger partial charge in [-0.25, -0.2) is 0 Å². The summed E-state index contributed by atoms with van der Waals surface area (Å²) < 4.78 is 0. The van der Waals surface area contributed by atoms with Crippen LogP contribution >= 0.6 is 11.8 Å². The van der Waals surface area contributed by atoms with E-state index in [0.29, 0.717) is 12.6 Å². The monoisotopic (exact) mass is 264 g/mol. The maximum Gasteiger partial charge on any atom is 0.0545 e. The molecule has 1 aliphatic rings. The normalized spacial score (nSPS) is 17.5. The SMILES string of the molecule is CC(CN)N1CCSc2cccc(C(C)(C)C)c21. The molecule has 1 atom stereocenters. The average molecular weight is 264 g/mol. The van der Waals surface area contributed by atoms with Crippen molar-refractivity contribution in [1.29, 1.82) is 0 Å². The van der Waals surface area contributed by atoms with Gasteiger partial charge in [-0.2, -0.15) is 0 Å². The Morgan fingerprint density at radius 3 is 2.72 bits per heavy atom. The first kappa shape index (κ1) is 13.8. The Bertz CT molecular complexity index is 423. The fourth-order valence-corrected chi connectivity index (χ4v) is 3.52. The highest BCUT2D eigenvalue weighted by Gasteiger charge is 2.28. The van der Waals surface area contributed by atoms with Crippen LogP contribution in [0.3, 0.4) is 0 Å². The molecule has 0 amide bonds. The molecule has 2 nitrogen and oxygen atoms in total. The summed E-state index contributed by atoms with van der Waals surface area (Å²) in [4.78, 5) is 3.90. The summed E-state index contributed by atoms with van der Waals surface area (Å²) in [5.41, 5.74) is 8.90. The Labute approximate surface area is 115 Å². The lowest BCUT2D eigenvalue weighted by Gasteiger charge is -2.39. The van der Waals surface area contributed by atoms with Gasteiger partial charge < -0.3 is 10.6 Å². The van der Waals surface area contributed by atoms with Gasteiger partial charge in [-0.3, -0.25) is 0 Å². The number of nitrogens with two attached hydrogens (primary N) is 1. The predicted molar refractivity (Wildman–Crippen MR) is 81.7 cm³/mol. The summed E-state index contributed by atoms with van der Waals surface area (Å²) in [6.07, 6.45) is 0. The van der Waals surface area contributed by atoms with Crippen molar-refractivity contribution in [1.82, 2.24) is 0 Å². The van der Waals surface area contributed by atoms with Crippen LogP contribution in [0.4, 0.5) is 5.69 Å². The second kappa shape index (κ2) is 5.14. The zero-order valence-corrected chi connectivity index (χ0v) is 12.7. The first-order valence-corrected chi connectivity index (χ1v) is 7.66. The van der Waals surface area contributed by atoms with Crippen molar-refractivity contribution < 1.29 is 0 Å². The van der Waals surface area contributed by atoms with Crippen LogP contribution in [-0.4, -0.2) is 24.9 Å². The van der Waals surface area contributed by atoms with E-state index >= 15 is 0 Å². The van der Waals surface area contributed by atoms with Crippen LogP contribution in [0.5, 0.6) is 0 Å². The Kier molecular flexibility index (Phi) is 3.93. The first-order valence-electron chi connectivity index (χ1n) is 6.68. The lowest BCUT2D eigenvalue weighted by molar-refractivity contribution is 0.574. The molecule has 0 saturated carbocycles. The van der Waals surface area contributed by atoms with Crippen LogP contribution in [0.2, 0.25) is 0 Å². The van der Waals surface area contributed by atoms with Gasteiger partial charge in [0, 0.05) is 29.8 Å². The molecule has 1 heterocycles. The fraction of sp³-hybridized carbons (Fsp3) is 0.600. The minimum atomic E-state index is 0.176. The van der Waals surface area contributed by atoms with Gasteiger partial charge in [0.2, 0.25) is 0 Å². The van der Waals surface area contributed by atoms with E-state index in [9.17, 15) is 0 Å².